The molecule has 0 bridgehead atoms. The van der Waals surface area contributed by atoms with E-state index < -0.39 is 0 Å². The van der Waals surface area contributed by atoms with Gasteiger partial charge in [0, 0.05) is 24.7 Å². The highest BCUT2D eigenvalue weighted by molar-refractivity contribution is 6.30. The lowest BCUT2D eigenvalue weighted by molar-refractivity contribution is 0.126. The van der Waals surface area contributed by atoms with Crippen molar-refractivity contribution in [3.63, 3.8) is 0 Å². The number of rotatable bonds is 7. The van der Waals surface area contributed by atoms with Gasteiger partial charge < -0.3 is 10.1 Å². The Morgan fingerprint density at radius 1 is 1.38 bits per heavy atom. The van der Waals surface area contributed by atoms with E-state index in [0.717, 1.165) is 37.2 Å². The summed E-state index contributed by atoms with van der Waals surface area (Å²) in [5, 5.41) is 4.14. The van der Waals surface area contributed by atoms with Crippen LogP contribution in [-0.2, 0) is 11.3 Å². The minimum atomic E-state index is 0.796. The predicted molar refractivity (Wildman–Crippen MR) is 66.7 cm³/mol. The first-order valence-electron chi connectivity index (χ1n) is 5.87. The van der Waals surface area contributed by atoms with E-state index in [4.69, 9.17) is 16.3 Å². The zero-order valence-electron chi connectivity index (χ0n) is 9.42. The molecule has 0 radical (unpaired) electrons. The molecule has 1 aliphatic rings. The molecule has 0 amide bonds. The van der Waals surface area contributed by atoms with Gasteiger partial charge in [0.2, 0.25) is 0 Å². The minimum absolute atomic E-state index is 0.796. The van der Waals surface area contributed by atoms with E-state index in [1.807, 2.05) is 18.2 Å². The maximum atomic E-state index is 5.90. The largest absolute Gasteiger partial charge is 0.380 e. The van der Waals surface area contributed by atoms with E-state index in [9.17, 15) is 0 Å². The Bertz CT molecular complexity index is 325. The summed E-state index contributed by atoms with van der Waals surface area (Å²) in [4.78, 5) is 0. The van der Waals surface area contributed by atoms with Crippen LogP contribution >= 0.6 is 11.6 Å². The number of hydrogen-bond acceptors (Lipinski definition) is 2. The second kappa shape index (κ2) is 6.24. The molecule has 0 spiro atoms. The normalized spacial score (nSPS) is 15.3. The van der Waals surface area contributed by atoms with Crippen LogP contribution in [0.2, 0.25) is 5.02 Å². The molecule has 1 fully saturated rings. The molecule has 0 heterocycles. The highest BCUT2D eigenvalue weighted by Gasteiger charge is 2.20. The van der Waals surface area contributed by atoms with Crippen molar-refractivity contribution < 1.29 is 4.74 Å². The van der Waals surface area contributed by atoms with Crippen LogP contribution in [0.1, 0.15) is 18.4 Å². The molecule has 0 saturated heterocycles. The van der Waals surface area contributed by atoms with Crippen LogP contribution in [0.3, 0.4) is 0 Å². The molecule has 88 valence electrons. The molecule has 0 atom stereocenters. The second-order valence-electron chi connectivity index (χ2n) is 4.32. The van der Waals surface area contributed by atoms with Crippen LogP contribution in [0.15, 0.2) is 24.3 Å². The maximum Gasteiger partial charge on any atom is 0.0591 e. The fourth-order valence-corrected chi connectivity index (χ4v) is 1.77. The van der Waals surface area contributed by atoms with Crippen molar-refractivity contribution in [2.75, 3.05) is 19.8 Å². The van der Waals surface area contributed by atoms with E-state index in [2.05, 4.69) is 11.4 Å². The summed E-state index contributed by atoms with van der Waals surface area (Å²) in [5.74, 6) is 0.855. The third-order valence-electron chi connectivity index (χ3n) is 2.69. The van der Waals surface area contributed by atoms with Crippen LogP contribution in [0.4, 0.5) is 0 Å². The van der Waals surface area contributed by atoms with Gasteiger partial charge in [0.25, 0.3) is 0 Å². The van der Waals surface area contributed by atoms with Crippen molar-refractivity contribution in [1.82, 2.24) is 5.32 Å². The van der Waals surface area contributed by atoms with Crippen molar-refractivity contribution >= 4 is 11.6 Å². The first-order valence-corrected chi connectivity index (χ1v) is 6.25. The molecule has 1 N–H and O–H groups in total. The lowest BCUT2D eigenvalue weighted by Gasteiger charge is -2.06. The molecular formula is C13H18ClNO. The summed E-state index contributed by atoms with van der Waals surface area (Å²) >= 11 is 5.90. The van der Waals surface area contributed by atoms with Gasteiger partial charge in [-0.2, -0.15) is 0 Å². The van der Waals surface area contributed by atoms with E-state index >= 15 is 0 Å². The van der Waals surface area contributed by atoms with Crippen LogP contribution in [0.25, 0.3) is 0 Å². The van der Waals surface area contributed by atoms with E-state index in [1.54, 1.807) is 0 Å². The molecule has 0 aromatic heterocycles. The highest BCUT2D eigenvalue weighted by Crippen LogP contribution is 2.28. The van der Waals surface area contributed by atoms with Crippen molar-refractivity contribution in [2.24, 2.45) is 5.92 Å². The van der Waals surface area contributed by atoms with Crippen LogP contribution in [0, 0.1) is 5.92 Å². The van der Waals surface area contributed by atoms with E-state index in [1.165, 1.54) is 18.4 Å². The van der Waals surface area contributed by atoms with Crippen molar-refractivity contribution in [1.29, 1.82) is 0 Å². The van der Waals surface area contributed by atoms with Gasteiger partial charge in [-0.15, -0.1) is 0 Å². The standard InChI is InChI=1S/C13H18ClNO/c14-13-3-1-2-12(8-13)9-15-6-7-16-10-11-4-5-11/h1-3,8,11,15H,4-7,9-10H2. The Labute approximate surface area is 102 Å². The number of benzene rings is 1. The zero-order valence-corrected chi connectivity index (χ0v) is 10.2. The summed E-state index contributed by atoms with van der Waals surface area (Å²) in [6.45, 7) is 3.50. The number of hydrogen-bond donors (Lipinski definition) is 1. The lowest BCUT2D eigenvalue weighted by atomic mass is 10.2. The molecule has 2 rings (SSSR count). The molecular weight excluding hydrogens is 222 g/mol. The quantitative estimate of drug-likeness (QED) is 0.739. The number of ether oxygens (including phenoxy) is 1. The lowest BCUT2D eigenvalue weighted by Crippen LogP contribution is -2.19. The second-order valence-corrected chi connectivity index (χ2v) is 4.76. The predicted octanol–water partition coefficient (Wildman–Crippen LogP) is 2.86. The van der Waals surface area contributed by atoms with Crippen molar-refractivity contribution in [3.8, 4) is 0 Å². The summed E-state index contributed by atoms with van der Waals surface area (Å²) in [6.07, 6.45) is 2.71. The van der Waals surface area contributed by atoms with Gasteiger partial charge in [0.15, 0.2) is 0 Å². The average Bonchev–Trinajstić information content (AvgIpc) is 3.07. The van der Waals surface area contributed by atoms with Crippen LogP contribution < -0.4 is 5.32 Å². The van der Waals surface area contributed by atoms with Crippen molar-refractivity contribution in [2.45, 2.75) is 19.4 Å². The Balaban J connectivity index is 1.53. The van der Waals surface area contributed by atoms with Gasteiger partial charge in [-0.3, -0.25) is 0 Å². The van der Waals surface area contributed by atoms with Crippen LogP contribution in [-0.4, -0.2) is 19.8 Å². The first kappa shape index (κ1) is 11.9. The monoisotopic (exact) mass is 239 g/mol. The molecule has 1 saturated carbocycles. The van der Waals surface area contributed by atoms with Gasteiger partial charge in [-0.25, -0.2) is 0 Å². The molecule has 16 heavy (non-hydrogen) atoms. The average molecular weight is 240 g/mol. The Kier molecular flexibility index (Phi) is 4.64. The molecule has 3 heteroatoms. The summed E-state index contributed by atoms with van der Waals surface area (Å²) < 4.78 is 5.53. The number of nitrogens with one attached hydrogen (secondary N) is 1. The molecule has 0 aliphatic heterocycles. The number of halogens is 1. The minimum Gasteiger partial charge on any atom is -0.380 e. The SMILES string of the molecule is Clc1cccc(CNCCOCC2CC2)c1. The zero-order chi connectivity index (χ0) is 11.2. The molecule has 1 aliphatic carbocycles. The Morgan fingerprint density at radius 2 is 2.25 bits per heavy atom. The molecule has 0 unspecified atom stereocenters. The molecule has 2 nitrogen and oxygen atoms in total. The summed E-state index contributed by atoms with van der Waals surface area (Å²) in [5.41, 5.74) is 1.22. The Morgan fingerprint density at radius 3 is 3.00 bits per heavy atom. The van der Waals surface area contributed by atoms with Crippen molar-refractivity contribution in [3.05, 3.63) is 34.9 Å². The molecule has 1 aromatic carbocycles. The third-order valence-corrected chi connectivity index (χ3v) is 2.93. The highest BCUT2D eigenvalue weighted by atomic mass is 35.5. The van der Waals surface area contributed by atoms with Gasteiger partial charge in [0.05, 0.1) is 6.61 Å². The topological polar surface area (TPSA) is 21.3 Å². The fraction of sp³-hybridized carbons (Fsp3) is 0.538. The maximum absolute atomic E-state index is 5.90. The summed E-state index contributed by atoms with van der Waals surface area (Å²) in [7, 11) is 0. The first-order chi connectivity index (χ1) is 7.84. The van der Waals surface area contributed by atoms with E-state index in [-0.39, 0.29) is 0 Å². The smallest absolute Gasteiger partial charge is 0.0591 e. The fourth-order valence-electron chi connectivity index (χ4n) is 1.56. The van der Waals surface area contributed by atoms with Gasteiger partial charge >= 0.3 is 0 Å². The van der Waals surface area contributed by atoms with Gasteiger partial charge in [0.1, 0.15) is 0 Å². The molecule has 1 aromatic rings. The summed E-state index contributed by atoms with van der Waals surface area (Å²) in [6, 6.07) is 7.93. The third kappa shape index (κ3) is 4.52. The van der Waals surface area contributed by atoms with Crippen LogP contribution in [0.5, 0.6) is 0 Å². The van der Waals surface area contributed by atoms with E-state index in [0.29, 0.717) is 0 Å². The Hall–Kier alpha value is -0.570. The van der Waals surface area contributed by atoms with Gasteiger partial charge in [-0.1, -0.05) is 23.7 Å². The van der Waals surface area contributed by atoms with Gasteiger partial charge in [-0.05, 0) is 36.5 Å².